The van der Waals surface area contributed by atoms with Gasteiger partial charge in [0.05, 0.1) is 6.04 Å². The number of nitrogens with zero attached hydrogens (tertiary/aromatic N) is 1. The number of aromatic nitrogens is 2. The maximum Gasteiger partial charge on any atom is 0.123 e. The molecule has 0 aliphatic carbocycles. The molecule has 0 saturated carbocycles. The lowest BCUT2D eigenvalue weighted by Gasteiger charge is -2.15. The van der Waals surface area contributed by atoms with Crippen LogP contribution in [0.4, 0.5) is 0 Å². The highest BCUT2D eigenvalue weighted by molar-refractivity contribution is 5.09. The van der Waals surface area contributed by atoms with Crippen molar-refractivity contribution in [3.8, 4) is 0 Å². The summed E-state index contributed by atoms with van der Waals surface area (Å²) in [4.78, 5) is 7.72. The van der Waals surface area contributed by atoms with Crippen molar-refractivity contribution in [3.05, 3.63) is 17.7 Å². The van der Waals surface area contributed by atoms with Crippen molar-refractivity contribution in [2.45, 2.75) is 52.5 Å². The fraction of sp³-hybridized carbons (Fsp3) is 0.750. The normalized spacial score (nSPS) is 17.4. The average molecular weight is 209 g/mol. The highest BCUT2D eigenvalue weighted by Crippen LogP contribution is 2.22. The summed E-state index contributed by atoms with van der Waals surface area (Å²) in [5.74, 6) is 1.94. The highest BCUT2D eigenvalue weighted by Gasteiger charge is 2.17. The largest absolute Gasteiger partial charge is 0.344 e. The second-order valence-corrected chi connectivity index (χ2v) is 4.44. The number of hydrogen-bond donors (Lipinski definition) is 2. The fourth-order valence-electron chi connectivity index (χ4n) is 1.51. The molecule has 0 aliphatic rings. The first-order chi connectivity index (χ1) is 7.10. The number of hydrogen-bond acceptors (Lipinski definition) is 2. The van der Waals surface area contributed by atoms with Crippen LogP contribution in [0.5, 0.6) is 0 Å². The zero-order valence-electron chi connectivity index (χ0n) is 10.2. The van der Waals surface area contributed by atoms with Gasteiger partial charge in [0, 0.05) is 11.9 Å². The molecule has 1 rings (SSSR count). The summed E-state index contributed by atoms with van der Waals surface area (Å²) in [6.45, 7) is 8.70. The lowest BCUT2D eigenvalue weighted by Crippen LogP contribution is -2.19. The van der Waals surface area contributed by atoms with E-state index in [1.165, 1.54) is 5.69 Å². The minimum atomic E-state index is 0.0350. The van der Waals surface area contributed by atoms with Gasteiger partial charge in [-0.15, -0.1) is 0 Å². The molecule has 3 unspecified atom stereocenters. The maximum absolute atomic E-state index is 6.11. The van der Waals surface area contributed by atoms with Gasteiger partial charge in [-0.3, -0.25) is 0 Å². The summed E-state index contributed by atoms with van der Waals surface area (Å²) in [5, 5.41) is 0. The Morgan fingerprint density at radius 3 is 2.53 bits per heavy atom. The third kappa shape index (κ3) is 2.81. The Morgan fingerprint density at radius 2 is 2.00 bits per heavy atom. The third-order valence-corrected chi connectivity index (χ3v) is 3.33. The molecule has 1 heterocycles. The van der Waals surface area contributed by atoms with Gasteiger partial charge in [0.15, 0.2) is 0 Å². The van der Waals surface area contributed by atoms with Crippen molar-refractivity contribution in [2.75, 3.05) is 0 Å². The van der Waals surface area contributed by atoms with Crippen LogP contribution in [0.2, 0.25) is 0 Å². The van der Waals surface area contributed by atoms with Gasteiger partial charge in [-0.25, -0.2) is 4.98 Å². The lowest BCUT2D eigenvalue weighted by atomic mass is 10.00. The van der Waals surface area contributed by atoms with E-state index in [0.717, 1.165) is 18.7 Å². The van der Waals surface area contributed by atoms with Gasteiger partial charge in [-0.1, -0.05) is 34.1 Å². The molecule has 0 aromatic carbocycles. The lowest BCUT2D eigenvalue weighted by molar-refractivity contribution is 0.440. The third-order valence-electron chi connectivity index (χ3n) is 3.33. The van der Waals surface area contributed by atoms with Crippen LogP contribution in [0.15, 0.2) is 6.20 Å². The van der Waals surface area contributed by atoms with E-state index in [4.69, 9.17) is 5.73 Å². The molecule has 0 amide bonds. The van der Waals surface area contributed by atoms with Crippen molar-refractivity contribution < 1.29 is 0 Å². The molecule has 0 saturated heterocycles. The summed E-state index contributed by atoms with van der Waals surface area (Å²) in [7, 11) is 0. The number of H-pyrrole nitrogens is 1. The van der Waals surface area contributed by atoms with Gasteiger partial charge >= 0.3 is 0 Å². The van der Waals surface area contributed by atoms with Crippen LogP contribution >= 0.6 is 0 Å². The maximum atomic E-state index is 6.11. The number of nitrogens with one attached hydrogen (secondary N) is 1. The van der Waals surface area contributed by atoms with E-state index in [1.807, 2.05) is 6.20 Å². The molecule has 3 N–H and O–H groups in total. The molecule has 1 aromatic heterocycles. The SMILES string of the molecule is CCC(C)c1cnc(C(N)C(C)CC)[nH]1. The molecule has 0 bridgehead atoms. The van der Waals surface area contributed by atoms with E-state index in [0.29, 0.717) is 11.8 Å². The summed E-state index contributed by atoms with van der Waals surface area (Å²) in [6, 6.07) is 0.0350. The Morgan fingerprint density at radius 1 is 1.33 bits per heavy atom. The van der Waals surface area contributed by atoms with Crippen LogP contribution < -0.4 is 5.73 Å². The number of imidazole rings is 1. The summed E-state index contributed by atoms with van der Waals surface area (Å²) in [6.07, 6.45) is 4.13. The molecular weight excluding hydrogens is 186 g/mol. The van der Waals surface area contributed by atoms with E-state index in [9.17, 15) is 0 Å². The zero-order chi connectivity index (χ0) is 11.4. The predicted molar refractivity (Wildman–Crippen MR) is 63.7 cm³/mol. The predicted octanol–water partition coefficient (Wildman–Crippen LogP) is 2.97. The van der Waals surface area contributed by atoms with Crippen molar-refractivity contribution in [1.82, 2.24) is 9.97 Å². The van der Waals surface area contributed by atoms with Crippen molar-refractivity contribution in [3.63, 3.8) is 0 Å². The van der Waals surface area contributed by atoms with E-state index in [2.05, 4.69) is 37.7 Å². The summed E-state index contributed by atoms with van der Waals surface area (Å²) >= 11 is 0. The van der Waals surface area contributed by atoms with Crippen LogP contribution in [0.25, 0.3) is 0 Å². The first kappa shape index (κ1) is 12.2. The van der Waals surface area contributed by atoms with E-state index >= 15 is 0 Å². The Labute approximate surface area is 92.5 Å². The highest BCUT2D eigenvalue weighted by atomic mass is 15.0. The monoisotopic (exact) mass is 209 g/mol. The second-order valence-electron chi connectivity index (χ2n) is 4.44. The van der Waals surface area contributed by atoms with Crippen molar-refractivity contribution in [2.24, 2.45) is 11.7 Å². The Kier molecular flexibility index (Phi) is 4.33. The first-order valence-corrected chi connectivity index (χ1v) is 5.90. The topological polar surface area (TPSA) is 54.7 Å². The summed E-state index contributed by atoms with van der Waals surface area (Å²) in [5.41, 5.74) is 7.31. The average Bonchev–Trinajstić information content (AvgIpc) is 2.75. The van der Waals surface area contributed by atoms with Crippen LogP contribution in [-0.2, 0) is 0 Å². The molecule has 0 radical (unpaired) electrons. The molecule has 86 valence electrons. The van der Waals surface area contributed by atoms with Crippen LogP contribution in [0.1, 0.15) is 64.0 Å². The molecule has 3 nitrogen and oxygen atoms in total. The number of aromatic amines is 1. The van der Waals surface area contributed by atoms with E-state index in [1.54, 1.807) is 0 Å². The Hall–Kier alpha value is -0.830. The fourth-order valence-corrected chi connectivity index (χ4v) is 1.51. The number of nitrogens with two attached hydrogens (primary N) is 1. The Balaban J connectivity index is 2.75. The summed E-state index contributed by atoms with van der Waals surface area (Å²) < 4.78 is 0. The molecular formula is C12H23N3. The molecule has 0 spiro atoms. The standard InChI is InChI=1S/C12H23N3/c1-5-8(3)10-7-14-12(15-10)11(13)9(4)6-2/h7-9,11H,5-6,13H2,1-4H3,(H,14,15). The molecule has 3 atom stereocenters. The van der Waals surface area contributed by atoms with Crippen LogP contribution in [0, 0.1) is 5.92 Å². The van der Waals surface area contributed by atoms with Gasteiger partial charge < -0.3 is 10.7 Å². The van der Waals surface area contributed by atoms with E-state index < -0.39 is 0 Å². The van der Waals surface area contributed by atoms with Crippen LogP contribution in [0.3, 0.4) is 0 Å². The second kappa shape index (κ2) is 5.31. The van der Waals surface area contributed by atoms with Crippen LogP contribution in [-0.4, -0.2) is 9.97 Å². The van der Waals surface area contributed by atoms with Gasteiger partial charge in [0.25, 0.3) is 0 Å². The Bertz CT molecular complexity index is 293. The smallest absolute Gasteiger partial charge is 0.123 e. The van der Waals surface area contributed by atoms with Crippen molar-refractivity contribution in [1.29, 1.82) is 0 Å². The quantitative estimate of drug-likeness (QED) is 0.783. The first-order valence-electron chi connectivity index (χ1n) is 5.90. The minimum Gasteiger partial charge on any atom is -0.344 e. The molecule has 15 heavy (non-hydrogen) atoms. The van der Waals surface area contributed by atoms with E-state index in [-0.39, 0.29) is 6.04 Å². The molecule has 1 aromatic rings. The zero-order valence-corrected chi connectivity index (χ0v) is 10.2. The molecule has 0 aliphatic heterocycles. The van der Waals surface area contributed by atoms with Gasteiger partial charge in [-0.2, -0.15) is 0 Å². The number of rotatable bonds is 5. The van der Waals surface area contributed by atoms with Crippen molar-refractivity contribution >= 4 is 0 Å². The minimum absolute atomic E-state index is 0.0350. The van der Waals surface area contributed by atoms with Gasteiger partial charge in [0.1, 0.15) is 5.82 Å². The van der Waals surface area contributed by atoms with Gasteiger partial charge in [-0.05, 0) is 18.3 Å². The molecule has 3 heteroatoms. The van der Waals surface area contributed by atoms with Gasteiger partial charge in [0.2, 0.25) is 0 Å². The molecule has 0 fully saturated rings.